The van der Waals surface area contributed by atoms with Crippen LogP contribution < -0.4 is 13.1 Å². The molecular weight excluding hydrogens is 435 g/mol. The second-order valence-electron chi connectivity index (χ2n) is 10.1. The minimum absolute atomic E-state index is 0.696. The van der Waals surface area contributed by atoms with Crippen LogP contribution in [-0.4, -0.2) is 14.7 Å². The van der Waals surface area contributed by atoms with E-state index in [2.05, 4.69) is 114 Å². The molecule has 0 radical (unpaired) electrons. The van der Waals surface area contributed by atoms with Gasteiger partial charge in [0.15, 0.2) is 0 Å². The van der Waals surface area contributed by atoms with Crippen LogP contribution in [0.25, 0.3) is 0 Å². The van der Waals surface area contributed by atoms with Crippen molar-refractivity contribution in [2.24, 2.45) is 17.8 Å². The van der Waals surface area contributed by atoms with Gasteiger partial charge in [-0.15, -0.1) is 0 Å². The number of rotatable bonds is 9. The van der Waals surface area contributed by atoms with Crippen LogP contribution in [0.1, 0.15) is 58.2 Å². The molecule has 0 fully saturated rings. The molecular formula is C30H39As. The van der Waals surface area contributed by atoms with Crippen molar-refractivity contribution in [1.82, 2.24) is 0 Å². The van der Waals surface area contributed by atoms with Crippen LogP contribution in [0.15, 0.2) is 72.8 Å². The molecule has 0 atom stereocenters. The van der Waals surface area contributed by atoms with Crippen molar-refractivity contribution in [1.29, 1.82) is 0 Å². The molecule has 0 spiro atoms. The van der Waals surface area contributed by atoms with Crippen LogP contribution in [0, 0.1) is 17.8 Å². The van der Waals surface area contributed by atoms with Crippen LogP contribution in [0.5, 0.6) is 0 Å². The molecule has 0 amide bonds. The predicted molar refractivity (Wildman–Crippen MR) is 140 cm³/mol. The van der Waals surface area contributed by atoms with E-state index in [4.69, 9.17) is 0 Å². The van der Waals surface area contributed by atoms with Gasteiger partial charge in [-0.3, -0.25) is 0 Å². The Morgan fingerprint density at radius 2 is 0.645 bits per heavy atom. The summed E-state index contributed by atoms with van der Waals surface area (Å²) in [5, 5.41) is 0. The van der Waals surface area contributed by atoms with Crippen LogP contribution >= 0.6 is 0 Å². The standard InChI is InChI=1S/C30H39As/c1-22(2)19-25-7-13-28(14-8-25)31(29-15-9-26(10-16-29)20-23(3)4)30-17-11-27(12-18-30)21-24(5)6/h7-18,22-24H,19-21H2,1-6H3. The van der Waals surface area contributed by atoms with Gasteiger partial charge in [-0.2, -0.15) is 0 Å². The average molecular weight is 475 g/mol. The van der Waals surface area contributed by atoms with E-state index >= 15 is 0 Å². The Hall–Kier alpha value is -1.78. The van der Waals surface area contributed by atoms with E-state index in [0.717, 1.165) is 19.3 Å². The van der Waals surface area contributed by atoms with Gasteiger partial charge in [0.2, 0.25) is 0 Å². The Bertz CT molecular complexity index is 788. The molecule has 1 heteroatoms. The SMILES string of the molecule is CC(C)Cc1ccc([As](c2ccc(CC(C)C)cc2)c2ccc(CC(C)C)cc2)cc1. The normalized spacial score (nSPS) is 11.8. The predicted octanol–water partition coefficient (Wildman–Crippen LogP) is 5.80. The summed E-state index contributed by atoms with van der Waals surface area (Å²) in [5.74, 6) is 2.09. The third-order valence-corrected chi connectivity index (χ3v) is 10.6. The second kappa shape index (κ2) is 11.2. The molecule has 3 aromatic rings. The Morgan fingerprint density at radius 1 is 0.419 bits per heavy atom. The van der Waals surface area contributed by atoms with Crippen molar-refractivity contribution in [3.8, 4) is 0 Å². The zero-order valence-electron chi connectivity index (χ0n) is 20.2. The number of benzene rings is 3. The van der Waals surface area contributed by atoms with E-state index < -0.39 is 14.7 Å². The van der Waals surface area contributed by atoms with Gasteiger partial charge < -0.3 is 0 Å². The zero-order valence-corrected chi connectivity index (χ0v) is 22.1. The zero-order chi connectivity index (χ0) is 22.4. The molecule has 0 unspecified atom stereocenters. The molecule has 31 heavy (non-hydrogen) atoms. The molecule has 3 rings (SSSR count). The van der Waals surface area contributed by atoms with Crippen molar-refractivity contribution in [2.75, 3.05) is 0 Å². The summed E-state index contributed by atoms with van der Waals surface area (Å²) in [7, 11) is 0. The Morgan fingerprint density at radius 3 is 0.839 bits per heavy atom. The molecule has 0 aliphatic carbocycles. The van der Waals surface area contributed by atoms with Gasteiger partial charge >= 0.3 is 196 Å². The molecule has 0 bridgehead atoms. The van der Waals surface area contributed by atoms with E-state index in [1.54, 1.807) is 0 Å². The van der Waals surface area contributed by atoms with E-state index in [9.17, 15) is 0 Å². The first kappa shape index (κ1) is 23.9. The summed E-state index contributed by atoms with van der Waals surface area (Å²) >= 11 is -1.56. The monoisotopic (exact) mass is 474 g/mol. The fraction of sp³-hybridized carbons (Fsp3) is 0.400. The van der Waals surface area contributed by atoms with Gasteiger partial charge in [0.05, 0.1) is 0 Å². The summed E-state index contributed by atoms with van der Waals surface area (Å²) in [6.07, 6.45) is 3.46. The van der Waals surface area contributed by atoms with Gasteiger partial charge in [0, 0.05) is 0 Å². The van der Waals surface area contributed by atoms with Crippen molar-refractivity contribution in [3.05, 3.63) is 89.5 Å². The van der Waals surface area contributed by atoms with Crippen LogP contribution in [0.3, 0.4) is 0 Å². The fourth-order valence-electron chi connectivity index (χ4n) is 4.20. The van der Waals surface area contributed by atoms with E-state index in [-0.39, 0.29) is 0 Å². The quantitative estimate of drug-likeness (QED) is 0.344. The molecule has 164 valence electrons. The first-order valence-corrected chi connectivity index (χ1v) is 14.7. The van der Waals surface area contributed by atoms with Crippen molar-refractivity contribution in [3.63, 3.8) is 0 Å². The molecule has 0 N–H and O–H groups in total. The van der Waals surface area contributed by atoms with Crippen LogP contribution in [0.2, 0.25) is 0 Å². The fourth-order valence-corrected chi connectivity index (χ4v) is 8.90. The van der Waals surface area contributed by atoms with Gasteiger partial charge in [0.25, 0.3) is 0 Å². The molecule has 0 aliphatic rings. The molecule has 0 aromatic heterocycles. The van der Waals surface area contributed by atoms with E-state index in [1.165, 1.54) is 29.7 Å². The van der Waals surface area contributed by atoms with Gasteiger partial charge in [-0.1, -0.05) is 0 Å². The molecule has 0 heterocycles. The molecule has 0 aliphatic heterocycles. The Labute approximate surface area is 195 Å². The number of hydrogen-bond acceptors (Lipinski definition) is 0. The van der Waals surface area contributed by atoms with Gasteiger partial charge in [-0.05, 0) is 0 Å². The van der Waals surface area contributed by atoms with Crippen LogP contribution in [-0.2, 0) is 19.3 Å². The Balaban J connectivity index is 1.95. The Kier molecular flexibility index (Phi) is 8.62. The molecule has 0 nitrogen and oxygen atoms in total. The maximum atomic E-state index is 2.40. The average Bonchev–Trinajstić information content (AvgIpc) is 2.71. The van der Waals surface area contributed by atoms with Gasteiger partial charge in [0.1, 0.15) is 0 Å². The first-order valence-electron chi connectivity index (χ1n) is 11.9. The molecule has 0 saturated heterocycles. The second-order valence-corrected chi connectivity index (χ2v) is 14.8. The number of hydrogen-bond donors (Lipinski definition) is 0. The summed E-state index contributed by atoms with van der Waals surface area (Å²) in [6, 6.07) is 28.6. The minimum atomic E-state index is -1.56. The van der Waals surface area contributed by atoms with Crippen molar-refractivity contribution >= 4 is 27.7 Å². The van der Waals surface area contributed by atoms with E-state index in [0.29, 0.717) is 17.8 Å². The van der Waals surface area contributed by atoms with Crippen molar-refractivity contribution in [2.45, 2.75) is 60.8 Å². The van der Waals surface area contributed by atoms with Crippen LogP contribution in [0.4, 0.5) is 0 Å². The van der Waals surface area contributed by atoms with Gasteiger partial charge in [-0.25, -0.2) is 0 Å². The maximum absolute atomic E-state index is 2.40. The summed E-state index contributed by atoms with van der Waals surface area (Å²) in [4.78, 5) is 0. The first-order chi connectivity index (χ1) is 14.8. The van der Waals surface area contributed by atoms with Crippen molar-refractivity contribution < 1.29 is 0 Å². The van der Waals surface area contributed by atoms with E-state index in [1.807, 2.05) is 0 Å². The third-order valence-electron chi connectivity index (χ3n) is 5.52. The molecule has 3 aromatic carbocycles. The summed E-state index contributed by atoms with van der Waals surface area (Å²) in [6.45, 7) is 13.8. The molecule has 0 saturated carbocycles. The summed E-state index contributed by atoms with van der Waals surface area (Å²) in [5.41, 5.74) is 4.35. The third kappa shape index (κ3) is 7.11. The summed E-state index contributed by atoms with van der Waals surface area (Å²) < 4.78 is 4.56. The topological polar surface area (TPSA) is 0 Å².